The summed E-state index contributed by atoms with van der Waals surface area (Å²) >= 11 is 0. The van der Waals surface area contributed by atoms with Gasteiger partial charge in [-0.1, -0.05) is 13.8 Å². The number of nitrogens with one attached hydrogen (secondary N) is 1. The lowest BCUT2D eigenvalue weighted by Gasteiger charge is -2.40. The van der Waals surface area contributed by atoms with Gasteiger partial charge in [0.05, 0.1) is 0 Å². The first-order valence-electron chi connectivity index (χ1n) is 6.83. The molecule has 0 spiro atoms. The van der Waals surface area contributed by atoms with E-state index < -0.39 is 0 Å². The van der Waals surface area contributed by atoms with Crippen LogP contribution in [0.25, 0.3) is 0 Å². The van der Waals surface area contributed by atoms with Crippen molar-refractivity contribution in [3.05, 3.63) is 0 Å². The Morgan fingerprint density at radius 1 is 1.19 bits per heavy atom. The second-order valence-electron chi connectivity index (χ2n) is 5.50. The maximum Gasteiger partial charge on any atom is 0.0480 e. The van der Waals surface area contributed by atoms with Gasteiger partial charge in [-0.15, -0.1) is 0 Å². The molecule has 2 fully saturated rings. The summed E-state index contributed by atoms with van der Waals surface area (Å²) in [6.07, 6.45) is 5.16. The Morgan fingerprint density at radius 2 is 1.94 bits per heavy atom. The van der Waals surface area contributed by atoms with Crippen molar-refractivity contribution < 1.29 is 4.74 Å². The Kier molecular flexibility index (Phi) is 4.62. The SMILES string of the molecule is CC(C)NC1CCCN(C2CCOCC2)C1. The highest BCUT2D eigenvalue weighted by Gasteiger charge is 2.27. The van der Waals surface area contributed by atoms with Crippen molar-refractivity contribution in [2.45, 2.75) is 57.7 Å². The number of hydrogen-bond acceptors (Lipinski definition) is 3. The lowest BCUT2D eigenvalue weighted by atomic mass is 9.99. The highest BCUT2D eigenvalue weighted by molar-refractivity contribution is 4.84. The number of ether oxygens (including phenoxy) is 1. The van der Waals surface area contributed by atoms with Gasteiger partial charge in [0.15, 0.2) is 0 Å². The summed E-state index contributed by atoms with van der Waals surface area (Å²) in [5, 5.41) is 3.68. The Morgan fingerprint density at radius 3 is 2.62 bits per heavy atom. The lowest BCUT2D eigenvalue weighted by molar-refractivity contribution is 0.0214. The quantitative estimate of drug-likeness (QED) is 0.791. The average Bonchev–Trinajstić information content (AvgIpc) is 2.30. The van der Waals surface area contributed by atoms with Crippen molar-refractivity contribution in [3.63, 3.8) is 0 Å². The van der Waals surface area contributed by atoms with Crippen molar-refractivity contribution in [2.24, 2.45) is 0 Å². The number of hydrogen-bond donors (Lipinski definition) is 1. The third kappa shape index (κ3) is 3.44. The third-order valence-corrected chi connectivity index (χ3v) is 3.73. The first kappa shape index (κ1) is 12.3. The maximum atomic E-state index is 5.44. The van der Waals surface area contributed by atoms with Gasteiger partial charge in [-0.3, -0.25) is 4.90 Å². The molecule has 2 rings (SSSR count). The molecule has 3 nitrogen and oxygen atoms in total. The normalized spacial score (nSPS) is 29.8. The molecule has 0 radical (unpaired) electrons. The van der Waals surface area contributed by atoms with Crippen LogP contribution in [0, 0.1) is 0 Å². The van der Waals surface area contributed by atoms with Crippen molar-refractivity contribution in [3.8, 4) is 0 Å². The average molecular weight is 226 g/mol. The summed E-state index contributed by atoms with van der Waals surface area (Å²) in [5.74, 6) is 0. The third-order valence-electron chi connectivity index (χ3n) is 3.73. The second-order valence-corrected chi connectivity index (χ2v) is 5.50. The Labute approximate surface area is 99.5 Å². The lowest BCUT2D eigenvalue weighted by Crippen LogP contribution is -2.52. The molecule has 1 N–H and O–H groups in total. The van der Waals surface area contributed by atoms with E-state index in [1.165, 1.54) is 38.8 Å². The van der Waals surface area contributed by atoms with Crippen LogP contribution in [0.2, 0.25) is 0 Å². The van der Waals surface area contributed by atoms with Crippen LogP contribution in [-0.2, 0) is 4.74 Å². The van der Waals surface area contributed by atoms with Gasteiger partial charge in [0.25, 0.3) is 0 Å². The fraction of sp³-hybridized carbons (Fsp3) is 1.00. The largest absolute Gasteiger partial charge is 0.381 e. The summed E-state index contributed by atoms with van der Waals surface area (Å²) < 4.78 is 5.44. The fourth-order valence-electron chi connectivity index (χ4n) is 3.00. The minimum Gasteiger partial charge on any atom is -0.381 e. The van der Waals surface area contributed by atoms with Crippen molar-refractivity contribution in [1.29, 1.82) is 0 Å². The van der Waals surface area contributed by atoms with E-state index in [1.807, 2.05) is 0 Å². The van der Waals surface area contributed by atoms with Crippen LogP contribution in [0.1, 0.15) is 39.5 Å². The molecule has 2 aliphatic rings. The van der Waals surface area contributed by atoms with Gasteiger partial charge in [-0.05, 0) is 32.2 Å². The molecule has 0 amide bonds. The fourth-order valence-corrected chi connectivity index (χ4v) is 3.00. The molecule has 1 unspecified atom stereocenters. The van der Waals surface area contributed by atoms with Gasteiger partial charge >= 0.3 is 0 Å². The van der Waals surface area contributed by atoms with Gasteiger partial charge in [-0.25, -0.2) is 0 Å². The Bertz CT molecular complexity index is 202. The highest BCUT2D eigenvalue weighted by atomic mass is 16.5. The van der Waals surface area contributed by atoms with Crippen molar-refractivity contribution in [1.82, 2.24) is 10.2 Å². The zero-order chi connectivity index (χ0) is 11.4. The van der Waals surface area contributed by atoms with Crippen LogP contribution in [-0.4, -0.2) is 49.3 Å². The van der Waals surface area contributed by atoms with Gasteiger partial charge in [-0.2, -0.15) is 0 Å². The molecule has 0 aromatic rings. The predicted octanol–water partition coefficient (Wildman–Crippen LogP) is 1.63. The van der Waals surface area contributed by atoms with Gasteiger partial charge < -0.3 is 10.1 Å². The summed E-state index contributed by atoms with van der Waals surface area (Å²) in [4.78, 5) is 2.69. The van der Waals surface area contributed by atoms with Gasteiger partial charge in [0, 0.05) is 37.9 Å². The Balaban J connectivity index is 1.80. The minimum atomic E-state index is 0.611. The van der Waals surface area contributed by atoms with Crippen LogP contribution in [0.4, 0.5) is 0 Å². The number of piperidine rings is 1. The number of likely N-dealkylation sites (tertiary alicyclic amines) is 1. The van der Waals surface area contributed by atoms with Crippen LogP contribution in [0.15, 0.2) is 0 Å². The zero-order valence-electron chi connectivity index (χ0n) is 10.7. The molecule has 0 aliphatic carbocycles. The summed E-state index contributed by atoms with van der Waals surface area (Å²) in [5.41, 5.74) is 0. The van der Waals surface area contributed by atoms with E-state index in [2.05, 4.69) is 24.1 Å². The van der Waals surface area contributed by atoms with Gasteiger partial charge in [0.2, 0.25) is 0 Å². The van der Waals surface area contributed by atoms with Crippen molar-refractivity contribution >= 4 is 0 Å². The molecule has 0 bridgehead atoms. The molecule has 2 saturated heterocycles. The zero-order valence-corrected chi connectivity index (χ0v) is 10.7. The molecule has 2 aliphatic heterocycles. The van der Waals surface area contributed by atoms with Crippen LogP contribution in [0.5, 0.6) is 0 Å². The van der Waals surface area contributed by atoms with Crippen LogP contribution < -0.4 is 5.32 Å². The molecular weight excluding hydrogens is 200 g/mol. The van der Waals surface area contributed by atoms with E-state index in [0.717, 1.165) is 19.3 Å². The molecule has 0 aromatic heterocycles. The van der Waals surface area contributed by atoms with E-state index >= 15 is 0 Å². The minimum absolute atomic E-state index is 0.611. The molecule has 3 heteroatoms. The van der Waals surface area contributed by atoms with E-state index in [-0.39, 0.29) is 0 Å². The van der Waals surface area contributed by atoms with Crippen LogP contribution >= 0.6 is 0 Å². The molecule has 0 aromatic carbocycles. The molecule has 2 heterocycles. The van der Waals surface area contributed by atoms with E-state index in [9.17, 15) is 0 Å². The van der Waals surface area contributed by atoms with E-state index in [0.29, 0.717) is 12.1 Å². The predicted molar refractivity (Wildman–Crippen MR) is 66.7 cm³/mol. The second kappa shape index (κ2) is 5.99. The molecular formula is C13H26N2O. The molecule has 94 valence electrons. The standard InChI is InChI=1S/C13H26N2O/c1-11(2)14-12-4-3-7-15(10-12)13-5-8-16-9-6-13/h11-14H,3-10H2,1-2H3. The number of rotatable bonds is 3. The monoisotopic (exact) mass is 226 g/mol. The summed E-state index contributed by atoms with van der Waals surface area (Å²) in [7, 11) is 0. The molecule has 0 saturated carbocycles. The smallest absolute Gasteiger partial charge is 0.0480 e. The number of nitrogens with zero attached hydrogens (tertiary/aromatic N) is 1. The first-order valence-corrected chi connectivity index (χ1v) is 6.83. The Hall–Kier alpha value is -0.120. The first-order chi connectivity index (χ1) is 7.75. The highest BCUT2D eigenvalue weighted by Crippen LogP contribution is 2.20. The topological polar surface area (TPSA) is 24.5 Å². The summed E-state index contributed by atoms with van der Waals surface area (Å²) in [6.45, 7) is 8.94. The van der Waals surface area contributed by atoms with Crippen LogP contribution in [0.3, 0.4) is 0 Å². The maximum absolute atomic E-state index is 5.44. The van der Waals surface area contributed by atoms with Crippen molar-refractivity contribution in [2.75, 3.05) is 26.3 Å². The van der Waals surface area contributed by atoms with E-state index in [4.69, 9.17) is 4.74 Å². The molecule has 16 heavy (non-hydrogen) atoms. The summed E-state index contributed by atoms with van der Waals surface area (Å²) in [6, 6.07) is 2.10. The van der Waals surface area contributed by atoms with E-state index in [1.54, 1.807) is 0 Å². The van der Waals surface area contributed by atoms with Gasteiger partial charge in [0.1, 0.15) is 0 Å². The molecule has 1 atom stereocenters.